The maximum absolute atomic E-state index is 10.1. The van der Waals surface area contributed by atoms with E-state index in [1.54, 1.807) is 11.3 Å². The number of rotatable bonds is 3. The van der Waals surface area contributed by atoms with Crippen LogP contribution in [0, 0.1) is 0 Å². The lowest BCUT2D eigenvalue weighted by Crippen LogP contribution is -2.37. The van der Waals surface area contributed by atoms with Crippen molar-refractivity contribution in [2.75, 3.05) is 32.1 Å². The van der Waals surface area contributed by atoms with E-state index in [1.807, 2.05) is 0 Å². The molecule has 1 saturated heterocycles. The monoisotopic (exact) mass is 281 g/mol. The van der Waals surface area contributed by atoms with Gasteiger partial charge >= 0.3 is 0 Å². The summed E-state index contributed by atoms with van der Waals surface area (Å²) in [5.41, 5.74) is 1.15. The normalized spacial score (nSPS) is 27.1. The molecular weight excluding hydrogens is 258 g/mol. The third-order valence-corrected chi connectivity index (χ3v) is 5.34. The molecule has 0 bridgehead atoms. The maximum Gasteiger partial charge on any atom is 0.186 e. The summed E-state index contributed by atoms with van der Waals surface area (Å²) in [5, 5.41) is 11.2. The number of aromatic nitrogens is 1. The van der Waals surface area contributed by atoms with Crippen molar-refractivity contribution in [1.82, 2.24) is 9.88 Å². The zero-order chi connectivity index (χ0) is 13.4. The Morgan fingerprint density at radius 3 is 2.95 bits per heavy atom. The Balaban J connectivity index is 1.81. The third-order valence-electron chi connectivity index (χ3n) is 4.11. The Morgan fingerprint density at radius 1 is 1.37 bits per heavy atom. The van der Waals surface area contributed by atoms with Crippen molar-refractivity contribution in [2.45, 2.75) is 44.2 Å². The van der Waals surface area contributed by atoms with Gasteiger partial charge in [0.05, 0.1) is 16.7 Å². The molecule has 0 radical (unpaired) electrons. The second-order valence-corrected chi connectivity index (χ2v) is 6.98. The minimum absolute atomic E-state index is 0.273. The first kappa shape index (κ1) is 13.3. The van der Waals surface area contributed by atoms with Crippen molar-refractivity contribution >= 4 is 16.5 Å². The predicted molar refractivity (Wildman–Crippen MR) is 78.9 cm³/mol. The fourth-order valence-corrected chi connectivity index (χ4v) is 4.44. The molecule has 0 saturated carbocycles. The second-order valence-electron chi connectivity index (χ2n) is 5.97. The molecule has 2 unspecified atom stereocenters. The number of nitrogens with zero attached hydrogens (tertiary/aromatic N) is 3. The standard InChI is InChI=1S/C14H23N3OS/c1-16(2)9-10-5-4-8-17(10)14-15-11-6-3-7-12(18)13(11)19-14/h10,12,18H,3-9H2,1-2H3. The highest BCUT2D eigenvalue weighted by Crippen LogP contribution is 2.39. The predicted octanol–water partition coefficient (Wildman–Crippen LogP) is 2.04. The number of hydrogen-bond donors (Lipinski definition) is 1. The molecule has 2 aliphatic rings. The molecule has 1 N–H and O–H groups in total. The van der Waals surface area contributed by atoms with E-state index in [9.17, 15) is 5.11 Å². The van der Waals surface area contributed by atoms with Gasteiger partial charge in [0.2, 0.25) is 0 Å². The van der Waals surface area contributed by atoms with E-state index >= 15 is 0 Å². The van der Waals surface area contributed by atoms with Gasteiger partial charge in [0.15, 0.2) is 5.13 Å². The largest absolute Gasteiger partial charge is 0.388 e. The summed E-state index contributed by atoms with van der Waals surface area (Å²) in [6.07, 6.45) is 5.24. The van der Waals surface area contributed by atoms with Gasteiger partial charge in [-0.05, 0) is 46.2 Å². The maximum atomic E-state index is 10.1. The lowest BCUT2D eigenvalue weighted by atomic mass is 10.0. The average molecular weight is 281 g/mol. The Labute approximate surface area is 119 Å². The van der Waals surface area contributed by atoms with Crippen LogP contribution in [0.4, 0.5) is 5.13 Å². The van der Waals surface area contributed by atoms with Crippen molar-refractivity contribution < 1.29 is 5.11 Å². The molecular formula is C14H23N3OS. The highest BCUT2D eigenvalue weighted by atomic mass is 32.1. The van der Waals surface area contributed by atoms with Crippen LogP contribution >= 0.6 is 11.3 Å². The summed E-state index contributed by atoms with van der Waals surface area (Å²) in [6.45, 7) is 2.20. The van der Waals surface area contributed by atoms with Crippen molar-refractivity contribution in [3.05, 3.63) is 10.6 Å². The first-order valence-electron chi connectivity index (χ1n) is 7.24. The van der Waals surface area contributed by atoms with Gasteiger partial charge in [-0.15, -0.1) is 0 Å². The van der Waals surface area contributed by atoms with Crippen LogP contribution in [0.2, 0.25) is 0 Å². The molecule has 106 valence electrons. The molecule has 0 spiro atoms. The fraction of sp³-hybridized carbons (Fsp3) is 0.786. The fourth-order valence-electron chi connectivity index (χ4n) is 3.21. The van der Waals surface area contributed by atoms with Gasteiger partial charge in [-0.3, -0.25) is 0 Å². The van der Waals surface area contributed by atoms with E-state index in [1.165, 1.54) is 12.8 Å². The molecule has 1 aliphatic heterocycles. The van der Waals surface area contributed by atoms with Gasteiger partial charge in [0, 0.05) is 19.1 Å². The molecule has 0 amide bonds. The number of hydrogen-bond acceptors (Lipinski definition) is 5. The molecule has 5 heteroatoms. The second kappa shape index (κ2) is 5.38. The van der Waals surface area contributed by atoms with E-state index in [0.29, 0.717) is 6.04 Å². The number of likely N-dealkylation sites (N-methyl/N-ethyl adjacent to an activating group) is 1. The minimum atomic E-state index is -0.273. The molecule has 0 aromatic carbocycles. The zero-order valence-electron chi connectivity index (χ0n) is 11.8. The van der Waals surface area contributed by atoms with E-state index < -0.39 is 0 Å². The van der Waals surface area contributed by atoms with Crippen molar-refractivity contribution in [3.63, 3.8) is 0 Å². The summed E-state index contributed by atoms with van der Waals surface area (Å²) >= 11 is 1.72. The van der Waals surface area contributed by atoms with Crippen LogP contribution in [-0.2, 0) is 6.42 Å². The molecule has 1 fully saturated rings. The summed E-state index contributed by atoms with van der Waals surface area (Å²) in [7, 11) is 4.26. The van der Waals surface area contributed by atoms with Crippen LogP contribution in [0.15, 0.2) is 0 Å². The molecule has 3 rings (SSSR count). The van der Waals surface area contributed by atoms with Gasteiger partial charge in [-0.25, -0.2) is 4.98 Å². The van der Waals surface area contributed by atoms with Gasteiger partial charge in [0.1, 0.15) is 0 Å². The highest BCUT2D eigenvalue weighted by Gasteiger charge is 2.30. The first-order valence-corrected chi connectivity index (χ1v) is 8.06. The molecule has 1 aliphatic carbocycles. The number of aryl methyl sites for hydroxylation is 1. The average Bonchev–Trinajstić information content (AvgIpc) is 2.94. The molecule has 4 nitrogen and oxygen atoms in total. The Kier molecular flexibility index (Phi) is 3.78. The first-order chi connectivity index (χ1) is 9.15. The van der Waals surface area contributed by atoms with Gasteiger partial charge in [-0.1, -0.05) is 11.3 Å². The van der Waals surface area contributed by atoms with Crippen molar-refractivity contribution in [3.8, 4) is 0 Å². The van der Waals surface area contributed by atoms with Crippen LogP contribution in [0.25, 0.3) is 0 Å². The van der Waals surface area contributed by atoms with Crippen molar-refractivity contribution in [1.29, 1.82) is 0 Å². The Bertz CT molecular complexity index is 446. The van der Waals surface area contributed by atoms with Crippen LogP contribution in [0.3, 0.4) is 0 Å². The number of fused-ring (bicyclic) bond motifs is 1. The van der Waals surface area contributed by atoms with E-state index in [2.05, 4.69) is 23.9 Å². The van der Waals surface area contributed by atoms with Gasteiger partial charge < -0.3 is 14.9 Å². The number of aliphatic hydroxyl groups is 1. The Morgan fingerprint density at radius 2 is 2.21 bits per heavy atom. The summed E-state index contributed by atoms with van der Waals surface area (Å²) in [5.74, 6) is 0. The van der Waals surface area contributed by atoms with Crippen molar-refractivity contribution in [2.24, 2.45) is 0 Å². The SMILES string of the molecule is CN(C)CC1CCCN1c1nc2c(s1)C(O)CCC2. The van der Waals surface area contributed by atoms with E-state index in [0.717, 1.165) is 48.1 Å². The molecule has 2 heterocycles. The molecule has 2 atom stereocenters. The number of aliphatic hydroxyl groups excluding tert-OH is 1. The van der Waals surface area contributed by atoms with Crippen LogP contribution in [-0.4, -0.2) is 48.2 Å². The van der Waals surface area contributed by atoms with Crippen LogP contribution < -0.4 is 4.90 Å². The van der Waals surface area contributed by atoms with Gasteiger partial charge in [-0.2, -0.15) is 0 Å². The van der Waals surface area contributed by atoms with Gasteiger partial charge in [0.25, 0.3) is 0 Å². The molecule has 1 aromatic heterocycles. The number of thiazole rings is 1. The van der Waals surface area contributed by atoms with E-state index in [4.69, 9.17) is 4.98 Å². The summed E-state index contributed by atoms with van der Waals surface area (Å²) in [4.78, 5) is 10.6. The minimum Gasteiger partial charge on any atom is -0.388 e. The highest BCUT2D eigenvalue weighted by molar-refractivity contribution is 7.15. The summed E-state index contributed by atoms with van der Waals surface area (Å²) < 4.78 is 0. The lowest BCUT2D eigenvalue weighted by molar-refractivity contribution is 0.160. The quantitative estimate of drug-likeness (QED) is 0.920. The molecule has 19 heavy (non-hydrogen) atoms. The molecule has 1 aromatic rings. The smallest absolute Gasteiger partial charge is 0.186 e. The van der Waals surface area contributed by atoms with E-state index in [-0.39, 0.29) is 6.10 Å². The van der Waals surface area contributed by atoms with Crippen LogP contribution in [0.5, 0.6) is 0 Å². The Hall–Kier alpha value is -0.650. The number of anilines is 1. The van der Waals surface area contributed by atoms with Crippen LogP contribution in [0.1, 0.15) is 42.4 Å². The third kappa shape index (κ3) is 2.64. The topological polar surface area (TPSA) is 39.6 Å². The summed E-state index contributed by atoms with van der Waals surface area (Å²) in [6, 6.07) is 0.583. The lowest BCUT2D eigenvalue weighted by Gasteiger charge is -2.26. The zero-order valence-corrected chi connectivity index (χ0v) is 12.6.